The molecule has 0 N–H and O–H groups in total. The van der Waals surface area contributed by atoms with Gasteiger partial charge >= 0.3 is 5.69 Å². The highest BCUT2D eigenvalue weighted by molar-refractivity contribution is 7.19. The summed E-state index contributed by atoms with van der Waals surface area (Å²) in [4.78, 5) is 24.7. The number of hydrogen-bond acceptors (Lipinski definition) is 3. The SMILES string of the molecule is Cc1sc2c(=O)n(C)c(=O)n(C)c2c1CCl. The molecule has 0 saturated heterocycles. The van der Waals surface area contributed by atoms with Crippen LogP contribution in [-0.4, -0.2) is 9.13 Å². The van der Waals surface area contributed by atoms with Gasteiger partial charge < -0.3 is 0 Å². The molecule has 6 heteroatoms. The number of fused-ring (bicyclic) bond motifs is 1. The van der Waals surface area contributed by atoms with E-state index in [0.29, 0.717) is 16.1 Å². The van der Waals surface area contributed by atoms with E-state index in [9.17, 15) is 9.59 Å². The first-order chi connectivity index (χ1) is 7.49. The third kappa shape index (κ3) is 1.35. The molecule has 0 spiro atoms. The minimum atomic E-state index is -0.318. The molecule has 2 aromatic rings. The molecule has 0 aliphatic heterocycles. The average Bonchev–Trinajstić information content (AvgIpc) is 2.60. The molecule has 0 radical (unpaired) electrons. The van der Waals surface area contributed by atoms with Gasteiger partial charge in [0.05, 0.1) is 11.4 Å². The van der Waals surface area contributed by atoms with Crippen LogP contribution in [0, 0.1) is 6.92 Å². The quantitative estimate of drug-likeness (QED) is 0.725. The fourth-order valence-corrected chi connectivity index (χ4v) is 3.37. The van der Waals surface area contributed by atoms with Crippen molar-refractivity contribution in [1.82, 2.24) is 9.13 Å². The lowest BCUT2D eigenvalue weighted by Gasteiger charge is -2.04. The van der Waals surface area contributed by atoms with Crippen molar-refractivity contribution in [3.8, 4) is 0 Å². The summed E-state index contributed by atoms with van der Waals surface area (Å²) in [5.74, 6) is 0.312. The number of halogens is 1. The summed E-state index contributed by atoms with van der Waals surface area (Å²) >= 11 is 7.24. The van der Waals surface area contributed by atoms with Gasteiger partial charge in [-0.3, -0.25) is 13.9 Å². The van der Waals surface area contributed by atoms with Gasteiger partial charge in [0, 0.05) is 24.5 Å². The Morgan fingerprint density at radius 1 is 1.25 bits per heavy atom. The predicted octanol–water partition coefficient (Wildman–Crippen LogP) is 1.35. The fraction of sp³-hybridized carbons (Fsp3) is 0.400. The van der Waals surface area contributed by atoms with Gasteiger partial charge in [0.15, 0.2) is 0 Å². The van der Waals surface area contributed by atoms with Crippen LogP contribution in [0.2, 0.25) is 0 Å². The molecule has 0 aromatic carbocycles. The zero-order valence-corrected chi connectivity index (χ0v) is 10.8. The Morgan fingerprint density at radius 2 is 1.88 bits per heavy atom. The third-order valence-electron chi connectivity index (χ3n) is 2.72. The number of thiophene rings is 1. The maximum atomic E-state index is 11.9. The largest absolute Gasteiger partial charge is 0.330 e. The summed E-state index contributed by atoms with van der Waals surface area (Å²) in [6.07, 6.45) is 0. The highest BCUT2D eigenvalue weighted by Crippen LogP contribution is 2.28. The number of rotatable bonds is 1. The summed E-state index contributed by atoms with van der Waals surface area (Å²) in [6.45, 7) is 1.91. The van der Waals surface area contributed by atoms with Crippen molar-refractivity contribution in [2.45, 2.75) is 12.8 Å². The molecule has 0 aliphatic carbocycles. The van der Waals surface area contributed by atoms with Gasteiger partial charge in [-0.1, -0.05) is 0 Å². The smallest absolute Gasteiger partial charge is 0.295 e. The van der Waals surface area contributed by atoms with Crippen LogP contribution in [0.25, 0.3) is 10.2 Å². The van der Waals surface area contributed by atoms with Gasteiger partial charge in [0.1, 0.15) is 4.70 Å². The van der Waals surface area contributed by atoms with Crippen molar-refractivity contribution >= 4 is 33.2 Å². The standard InChI is InChI=1S/C10H11ClN2O2S/c1-5-6(4-11)7-8(16-5)9(14)13(3)10(15)12(7)2/h4H2,1-3H3. The van der Waals surface area contributed by atoms with Gasteiger partial charge in [-0.25, -0.2) is 4.79 Å². The van der Waals surface area contributed by atoms with Crippen LogP contribution in [0.15, 0.2) is 9.59 Å². The molecule has 0 saturated carbocycles. The van der Waals surface area contributed by atoms with E-state index >= 15 is 0 Å². The molecule has 0 bridgehead atoms. The van der Waals surface area contributed by atoms with Gasteiger partial charge in [-0.15, -0.1) is 22.9 Å². The van der Waals surface area contributed by atoms with E-state index in [0.717, 1.165) is 15.0 Å². The highest BCUT2D eigenvalue weighted by Gasteiger charge is 2.16. The van der Waals surface area contributed by atoms with Gasteiger partial charge in [-0.2, -0.15) is 0 Å². The third-order valence-corrected chi connectivity index (χ3v) is 4.11. The van der Waals surface area contributed by atoms with E-state index in [-0.39, 0.29) is 11.2 Å². The number of alkyl halides is 1. The second-order valence-electron chi connectivity index (χ2n) is 3.65. The van der Waals surface area contributed by atoms with Gasteiger partial charge in [-0.05, 0) is 6.92 Å². The lowest BCUT2D eigenvalue weighted by molar-refractivity contribution is 0.714. The molecule has 16 heavy (non-hydrogen) atoms. The summed E-state index contributed by atoms with van der Waals surface area (Å²) in [5.41, 5.74) is 0.980. The van der Waals surface area contributed by atoms with Gasteiger partial charge in [0.2, 0.25) is 0 Å². The number of aryl methyl sites for hydroxylation is 2. The van der Waals surface area contributed by atoms with E-state index in [1.807, 2.05) is 6.92 Å². The minimum absolute atomic E-state index is 0.248. The molecule has 86 valence electrons. The molecular weight excluding hydrogens is 248 g/mol. The second kappa shape index (κ2) is 3.75. The van der Waals surface area contributed by atoms with E-state index in [1.54, 1.807) is 7.05 Å². The Morgan fingerprint density at radius 3 is 2.44 bits per heavy atom. The first-order valence-electron chi connectivity index (χ1n) is 4.73. The number of nitrogens with zero attached hydrogens (tertiary/aromatic N) is 2. The van der Waals surface area contributed by atoms with Crippen LogP contribution in [0.4, 0.5) is 0 Å². The van der Waals surface area contributed by atoms with Crippen LogP contribution >= 0.6 is 22.9 Å². The van der Waals surface area contributed by atoms with Crippen LogP contribution in [0.3, 0.4) is 0 Å². The Balaban J connectivity index is 3.15. The van der Waals surface area contributed by atoms with Crippen molar-refractivity contribution in [2.75, 3.05) is 0 Å². The maximum Gasteiger partial charge on any atom is 0.330 e. The zero-order chi connectivity index (χ0) is 12.0. The van der Waals surface area contributed by atoms with Crippen LogP contribution in [0.1, 0.15) is 10.4 Å². The first-order valence-corrected chi connectivity index (χ1v) is 6.08. The molecule has 0 fully saturated rings. The van der Waals surface area contributed by atoms with E-state index in [1.165, 1.54) is 23.0 Å². The van der Waals surface area contributed by atoms with Crippen molar-refractivity contribution in [3.63, 3.8) is 0 Å². The Bertz CT molecular complexity index is 681. The lowest BCUT2D eigenvalue weighted by Crippen LogP contribution is -2.36. The molecule has 0 unspecified atom stereocenters. The normalized spacial score (nSPS) is 11.2. The van der Waals surface area contributed by atoms with Crippen molar-refractivity contribution in [3.05, 3.63) is 31.3 Å². The average molecular weight is 259 g/mol. The molecule has 2 heterocycles. The van der Waals surface area contributed by atoms with E-state index < -0.39 is 0 Å². The summed E-state index contributed by atoms with van der Waals surface area (Å²) in [5, 5.41) is 0. The van der Waals surface area contributed by atoms with Crippen molar-refractivity contribution in [2.24, 2.45) is 14.1 Å². The minimum Gasteiger partial charge on any atom is -0.295 e. The predicted molar refractivity (Wildman–Crippen MR) is 66.6 cm³/mol. The van der Waals surface area contributed by atoms with E-state index in [4.69, 9.17) is 11.6 Å². The first kappa shape index (κ1) is 11.4. The molecule has 0 aliphatic rings. The summed E-state index contributed by atoms with van der Waals surface area (Å²) in [6, 6.07) is 0. The highest BCUT2D eigenvalue weighted by atomic mass is 35.5. The molecule has 0 atom stereocenters. The molecule has 0 amide bonds. The Hall–Kier alpha value is -1.07. The monoisotopic (exact) mass is 258 g/mol. The topological polar surface area (TPSA) is 44.0 Å². The molecule has 2 aromatic heterocycles. The van der Waals surface area contributed by atoms with Crippen LogP contribution < -0.4 is 11.2 Å². The fourth-order valence-electron chi connectivity index (χ4n) is 1.78. The summed E-state index contributed by atoms with van der Waals surface area (Å²) < 4.78 is 3.20. The number of aromatic nitrogens is 2. The van der Waals surface area contributed by atoms with E-state index in [2.05, 4.69) is 0 Å². The zero-order valence-electron chi connectivity index (χ0n) is 9.20. The van der Waals surface area contributed by atoms with Crippen LogP contribution in [-0.2, 0) is 20.0 Å². The number of hydrogen-bond donors (Lipinski definition) is 0. The summed E-state index contributed by atoms with van der Waals surface area (Å²) in [7, 11) is 3.14. The maximum absolute atomic E-state index is 11.9. The molecular formula is C10H11ClN2O2S. The lowest BCUT2D eigenvalue weighted by atomic mass is 10.2. The van der Waals surface area contributed by atoms with Gasteiger partial charge in [0.25, 0.3) is 5.56 Å². The molecule has 2 rings (SSSR count). The van der Waals surface area contributed by atoms with Crippen LogP contribution in [0.5, 0.6) is 0 Å². The van der Waals surface area contributed by atoms with Crippen molar-refractivity contribution < 1.29 is 0 Å². The Labute approximate surface area is 101 Å². The second-order valence-corrected chi connectivity index (χ2v) is 5.15. The van der Waals surface area contributed by atoms with Crippen molar-refractivity contribution in [1.29, 1.82) is 0 Å². The Kier molecular flexibility index (Phi) is 2.67. The molecule has 4 nitrogen and oxygen atoms in total.